The number of para-hydroxylation sites is 3. The Morgan fingerprint density at radius 2 is 1.27 bits per heavy atom. The molecule has 55 heavy (non-hydrogen) atoms. The van der Waals surface area contributed by atoms with E-state index in [9.17, 15) is 14.9 Å². The van der Waals surface area contributed by atoms with Gasteiger partial charge >= 0.3 is 338 Å². The van der Waals surface area contributed by atoms with Crippen LogP contribution < -0.4 is 19.4 Å². The molecule has 294 valence electrons. The third kappa shape index (κ3) is 8.11. The molecule has 0 spiro atoms. The van der Waals surface area contributed by atoms with Gasteiger partial charge in [-0.15, -0.1) is 0 Å². The number of ether oxygens (including phenoxy) is 1. The maximum absolute atomic E-state index is 14.1. The number of nitro groups is 1. The predicted octanol–water partition coefficient (Wildman–Crippen LogP) is 11.1. The van der Waals surface area contributed by atoms with E-state index in [2.05, 4.69) is 119 Å². The molecule has 4 aromatic rings. The Bertz CT molecular complexity index is 1960. The molecule has 0 aliphatic carbocycles. The van der Waals surface area contributed by atoms with E-state index in [4.69, 9.17) is 14.4 Å². The first-order chi connectivity index (χ1) is 26.2. The van der Waals surface area contributed by atoms with Gasteiger partial charge in [0.25, 0.3) is 0 Å². The van der Waals surface area contributed by atoms with E-state index in [1.165, 1.54) is 57.9 Å². The van der Waals surface area contributed by atoms with Gasteiger partial charge in [0.15, 0.2) is 0 Å². The van der Waals surface area contributed by atoms with Crippen LogP contribution in [-0.4, -0.2) is 45.9 Å². The van der Waals surface area contributed by atoms with Crippen LogP contribution in [0.3, 0.4) is 0 Å². The number of carbonyl (C=O) groups is 1. The summed E-state index contributed by atoms with van der Waals surface area (Å²) < 4.78 is 8.87. The van der Waals surface area contributed by atoms with Crippen molar-refractivity contribution < 1.29 is 29.0 Å². The molecular formula is C45H55ClN4O4Ru. The van der Waals surface area contributed by atoms with E-state index < -0.39 is 19.4 Å². The van der Waals surface area contributed by atoms with Crippen LogP contribution in [0.1, 0.15) is 131 Å². The van der Waals surface area contributed by atoms with Crippen LogP contribution in [0.5, 0.6) is 5.75 Å². The van der Waals surface area contributed by atoms with Crippen molar-refractivity contribution >= 4 is 43.0 Å². The molecule has 6 rings (SSSR count). The Hall–Kier alpha value is -4.07. The molecular weight excluding hydrogens is 797 g/mol. The van der Waals surface area contributed by atoms with Gasteiger partial charge in [-0.05, 0) is 0 Å². The number of hydrogen-bond acceptors (Lipinski definition) is 6. The summed E-state index contributed by atoms with van der Waals surface area (Å²) in [7, 11) is 8.00. The zero-order valence-electron chi connectivity index (χ0n) is 33.5. The van der Waals surface area contributed by atoms with Gasteiger partial charge in [0.2, 0.25) is 0 Å². The average molecular weight is 852 g/mol. The number of non-ortho nitro benzene ring substituents is 1. The normalized spacial score (nSPS) is 17.1. The first kappa shape index (κ1) is 40.6. The Kier molecular flexibility index (Phi) is 12.5. The van der Waals surface area contributed by atoms with Crippen molar-refractivity contribution in [1.82, 2.24) is 0 Å². The van der Waals surface area contributed by atoms with Crippen LogP contribution in [0, 0.1) is 10.1 Å². The Labute approximate surface area is 336 Å². The number of nitro benzene ring substituents is 1. The van der Waals surface area contributed by atoms with Crippen molar-refractivity contribution in [2.75, 3.05) is 34.3 Å². The van der Waals surface area contributed by atoms with Gasteiger partial charge in [0.1, 0.15) is 0 Å². The predicted molar refractivity (Wildman–Crippen MR) is 225 cm³/mol. The van der Waals surface area contributed by atoms with Gasteiger partial charge in [-0.25, -0.2) is 0 Å². The molecule has 0 saturated carbocycles. The second kappa shape index (κ2) is 17.0. The number of nitrogens with zero attached hydrogens (tertiary/aromatic N) is 4. The molecule has 0 N–H and O–H groups in total. The van der Waals surface area contributed by atoms with Crippen LogP contribution in [0.4, 0.5) is 22.7 Å². The van der Waals surface area contributed by atoms with Crippen molar-refractivity contribution in [1.29, 1.82) is 0 Å². The van der Waals surface area contributed by atoms with Crippen molar-refractivity contribution in [2.24, 2.45) is 0 Å². The van der Waals surface area contributed by atoms with E-state index >= 15 is 0 Å². The average Bonchev–Trinajstić information content (AvgIpc) is 3.61. The van der Waals surface area contributed by atoms with Crippen LogP contribution in [0.25, 0.3) is 0 Å². The number of benzene rings is 4. The number of amides is 1. The molecule has 4 aromatic carbocycles. The van der Waals surface area contributed by atoms with Crippen molar-refractivity contribution in [2.45, 2.75) is 103 Å². The zero-order chi connectivity index (χ0) is 39.7. The molecule has 1 amide bonds. The summed E-state index contributed by atoms with van der Waals surface area (Å²) in [6.07, 6.45) is 0.482. The number of fused-ring (bicyclic) bond motifs is 1. The van der Waals surface area contributed by atoms with Crippen molar-refractivity contribution in [3.05, 3.63) is 122 Å². The van der Waals surface area contributed by atoms with E-state index in [1.54, 1.807) is 4.90 Å². The number of halogens is 1. The molecule has 1 atom stereocenters. The third-order valence-corrected chi connectivity index (χ3v) is 15.0. The molecule has 0 bridgehead atoms. The quantitative estimate of drug-likeness (QED) is 0.0850. The first-order valence-electron chi connectivity index (χ1n) is 19.5. The van der Waals surface area contributed by atoms with Gasteiger partial charge in [-0.2, -0.15) is 0 Å². The Balaban J connectivity index is 1.52. The number of anilines is 3. The third-order valence-electron chi connectivity index (χ3n) is 10.7. The monoisotopic (exact) mass is 852 g/mol. The number of carbonyl (C=O) groups excluding carboxylic acids is 1. The van der Waals surface area contributed by atoms with Gasteiger partial charge in [0, 0.05) is 0 Å². The molecule has 1 unspecified atom stereocenters. The van der Waals surface area contributed by atoms with Gasteiger partial charge < -0.3 is 0 Å². The molecule has 10 heteroatoms. The topological polar surface area (TPSA) is 79.2 Å². The summed E-state index contributed by atoms with van der Waals surface area (Å²) in [5.74, 6) is 1.76. The van der Waals surface area contributed by atoms with E-state index in [-0.39, 0.29) is 22.5 Å². The van der Waals surface area contributed by atoms with Crippen molar-refractivity contribution in [3.8, 4) is 5.75 Å². The molecule has 2 aliphatic heterocycles. The SMILES string of the molecule is CCC1CN(C(=O)c2ccc([N+](=O)[O-])cc2)c2cccc([CH]=[Ru]([Cl])[CH]3N(c4c(C(C)C)cccc4C(C)C)CCN3c3c(C(C)C)cccc3C(C)C)c2O1. The Morgan fingerprint density at radius 1 is 0.800 bits per heavy atom. The first-order valence-corrected chi connectivity index (χ1v) is 23.8. The van der Waals surface area contributed by atoms with Crippen molar-refractivity contribution in [3.63, 3.8) is 0 Å². The zero-order valence-corrected chi connectivity index (χ0v) is 36.0. The summed E-state index contributed by atoms with van der Waals surface area (Å²) in [6, 6.07) is 25.3. The summed E-state index contributed by atoms with van der Waals surface area (Å²) in [6.45, 7) is 22.4. The Morgan fingerprint density at radius 3 is 1.71 bits per heavy atom. The number of hydrogen-bond donors (Lipinski definition) is 0. The molecule has 1 saturated heterocycles. The van der Waals surface area contributed by atoms with E-state index in [0.717, 1.165) is 18.7 Å². The number of rotatable bonds is 11. The van der Waals surface area contributed by atoms with Crippen LogP contribution in [-0.2, 0) is 14.5 Å². The standard InChI is InChI=1S/C27H39N2.C18H16N2O4.ClH.Ru/c1-18(2)22-11-9-12-23(19(3)4)26(22)28-15-16-29(17-28)27-24(20(5)6)13-10-14-25(27)21(7)8;1-3-15-11-19(16-6-4-5-12(2)17(16)24-15)18(21)13-7-9-14(10-8-13)20(22)23;;/h9-14,17-21H,15-16H2,1-8H3;2,4-10,15H,3,11H2,1H3;1H;/q;;;+1/p-1. The summed E-state index contributed by atoms with van der Waals surface area (Å²) in [5.41, 5.74) is 9.86. The van der Waals surface area contributed by atoms with Crippen LogP contribution in [0.2, 0.25) is 0 Å². The fraction of sp³-hybridized carbons (Fsp3) is 0.422. The molecule has 2 aliphatic rings. The second-order valence-corrected chi connectivity index (χ2v) is 20.4. The maximum atomic E-state index is 14.1. The van der Waals surface area contributed by atoms with Gasteiger partial charge in [-0.3, -0.25) is 0 Å². The minimum absolute atomic E-state index is 0.0522. The van der Waals surface area contributed by atoms with E-state index in [1.807, 2.05) is 12.1 Å². The fourth-order valence-electron chi connectivity index (χ4n) is 7.83. The second-order valence-electron chi connectivity index (χ2n) is 15.8. The van der Waals surface area contributed by atoms with Crippen LogP contribution in [0.15, 0.2) is 78.9 Å². The van der Waals surface area contributed by atoms with Crippen LogP contribution >= 0.6 is 9.69 Å². The summed E-state index contributed by atoms with van der Waals surface area (Å²) >= 11 is -2.45. The van der Waals surface area contributed by atoms with E-state index in [0.29, 0.717) is 53.6 Å². The summed E-state index contributed by atoms with van der Waals surface area (Å²) in [4.78, 5) is 31.9. The summed E-state index contributed by atoms with van der Waals surface area (Å²) in [5, 5.41) is 11.3. The fourth-order valence-corrected chi connectivity index (χ4v) is 12.4. The van der Waals surface area contributed by atoms with Gasteiger partial charge in [0.05, 0.1) is 0 Å². The molecule has 0 aromatic heterocycles. The van der Waals surface area contributed by atoms with Gasteiger partial charge in [-0.1, -0.05) is 0 Å². The molecule has 2 heterocycles. The molecule has 1 fully saturated rings. The molecule has 0 radical (unpaired) electrons. The minimum atomic E-state index is -2.45. The molecule has 8 nitrogen and oxygen atoms in total.